The Morgan fingerprint density at radius 3 is 2.69 bits per heavy atom. The highest BCUT2D eigenvalue weighted by molar-refractivity contribution is 8.15. The third-order valence-electron chi connectivity index (χ3n) is 4.54. The minimum atomic E-state index is -0.421. The number of nitro benzene ring substituents is 1. The second-order valence-corrected chi connectivity index (χ2v) is 7.59. The fourth-order valence-electron chi connectivity index (χ4n) is 3.14. The first-order valence-corrected chi connectivity index (χ1v) is 9.71. The number of nitrogens with zero attached hydrogens (tertiary/aromatic N) is 3. The zero-order valence-corrected chi connectivity index (χ0v) is 15.9. The van der Waals surface area contributed by atoms with Crippen molar-refractivity contribution in [1.29, 1.82) is 0 Å². The maximum absolute atomic E-state index is 11.6. The lowest BCUT2D eigenvalue weighted by Gasteiger charge is -2.09. The number of hydrogen-bond acceptors (Lipinski definition) is 7. The summed E-state index contributed by atoms with van der Waals surface area (Å²) >= 11 is 1.01. The van der Waals surface area contributed by atoms with Crippen LogP contribution in [0.1, 0.15) is 5.56 Å². The zero-order valence-electron chi connectivity index (χ0n) is 15.1. The highest BCUT2D eigenvalue weighted by atomic mass is 32.2. The van der Waals surface area contributed by atoms with Gasteiger partial charge in [0.25, 0.3) is 10.9 Å². The summed E-state index contributed by atoms with van der Waals surface area (Å²) in [5, 5.41) is 17.4. The largest absolute Gasteiger partial charge is 0.492 e. The summed E-state index contributed by atoms with van der Waals surface area (Å²) in [6, 6.07) is 12.2. The van der Waals surface area contributed by atoms with Gasteiger partial charge < -0.3 is 4.74 Å². The third-order valence-corrected chi connectivity index (χ3v) is 5.53. The lowest BCUT2D eigenvalue weighted by atomic mass is 10.1. The van der Waals surface area contributed by atoms with Gasteiger partial charge in [-0.05, 0) is 30.2 Å². The Hall–Kier alpha value is -3.40. The van der Waals surface area contributed by atoms with Crippen molar-refractivity contribution in [2.75, 3.05) is 6.61 Å². The molecule has 2 aromatic carbocycles. The van der Waals surface area contributed by atoms with Gasteiger partial charge in [-0.15, -0.1) is 0 Å². The quantitative estimate of drug-likeness (QED) is 0.468. The van der Waals surface area contributed by atoms with Crippen LogP contribution in [-0.4, -0.2) is 37.7 Å². The molecule has 2 amide bonds. The molecule has 0 spiro atoms. The molecule has 4 rings (SSSR count). The van der Waals surface area contributed by atoms with E-state index in [9.17, 15) is 19.7 Å². The van der Waals surface area contributed by atoms with Crippen molar-refractivity contribution in [2.45, 2.75) is 18.2 Å². The SMILES string of the molecule is O=C1NC(=O)C(Cc2ccc(OCCn3ncc4c([N+](=O)[O-])cccc43)cc2)S1. The Morgan fingerprint density at radius 1 is 1.21 bits per heavy atom. The van der Waals surface area contributed by atoms with Gasteiger partial charge in [0, 0.05) is 6.07 Å². The fraction of sp³-hybridized carbons (Fsp3) is 0.211. The number of amides is 2. The number of nitrogens with one attached hydrogen (secondary N) is 1. The minimum Gasteiger partial charge on any atom is -0.492 e. The predicted molar refractivity (Wildman–Crippen MR) is 107 cm³/mol. The number of nitro groups is 1. The molecule has 1 aromatic heterocycles. The maximum Gasteiger partial charge on any atom is 0.286 e. The van der Waals surface area contributed by atoms with Gasteiger partial charge in [-0.2, -0.15) is 5.10 Å². The summed E-state index contributed by atoms with van der Waals surface area (Å²) in [4.78, 5) is 33.5. The van der Waals surface area contributed by atoms with E-state index in [1.54, 1.807) is 28.9 Å². The van der Waals surface area contributed by atoms with Crippen LogP contribution in [-0.2, 0) is 17.8 Å². The van der Waals surface area contributed by atoms with Crippen LogP contribution < -0.4 is 10.1 Å². The number of hydrogen-bond donors (Lipinski definition) is 1. The van der Waals surface area contributed by atoms with Crippen LogP contribution in [0.4, 0.5) is 10.5 Å². The van der Waals surface area contributed by atoms with E-state index in [1.165, 1.54) is 12.3 Å². The molecular weight excluding hydrogens is 396 g/mol. The Labute approximate surface area is 169 Å². The van der Waals surface area contributed by atoms with Gasteiger partial charge >= 0.3 is 0 Å². The van der Waals surface area contributed by atoms with E-state index in [-0.39, 0.29) is 16.8 Å². The number of rotatable bonds is 7. The summed E-state index contributed by atoms with van der Waals surface area (Å²) in [5.41, 5.74) is 1.64. The molecule has 1 aliphatic rings. The summed E-state index contributed by atoms with van der Waals surface area (Å²) < 4.78 is 7.41. The summed E-state index contributed by atoms with van der Waals surface area (Å²) in [5.74, 6) is 0.405. The molecule has 10 heteroatoms. The second-order valence-electron chi connectivity index (χ2n) is 6.41. The molecule has 1 atom stereocenters. The smallest absolute Gasteiger partial charge is 0.286 e. The molecule has 1 fully saturated rings. The Morgan fingerprint density at radius 2 is 2.00 bits per heavy atom. The van der Waals surface area contributed by atoms with Crippen LogP contribution in [0.2, 0.25) is 0 Å². The number of ether oxygens (including phenoxy) is 1. The molecule has 0 radical (unpaired) electrons. The van der Waals surface area contributed by atoms with Gasteiger partial charge in [0.1, 0.15) is 12.4 Å². The molecule has 2 heterocycles. The first kappa shape index (κ1) is 18.9. The van der Waals surface area contributed by atoms with E-state index in [2.05, 4.69) is 10.4 Å². The molecule has 148 valence electrons. The summed E-state index contributed by atoms with van der Waals surface area (Å²) in [6.07, 6.45) is 1.96. The van der Waals surface area contributed by atoms with Crippen LogP contribution in [0, 0.1) is 10.1 Å². The molecule has 0 bridgehead atoms. The van der Waals surface area contributed by atoms with Crippen molar-refractivity contribution in [2.24, 2.45) is 0 Å². The Balaban J connectivity index is 1.35. The van der Waals surface area contributed by atoms with E-state index in [4.69, 9.17) is 4.74 Å². The van der Waals surface area contributed by atoms with Gasteiger partial charge in [-0.1, -0.05) is 30.0 Å². The summed E-state index contributed by atoms with van der Waals surface area (Å²) in [6.45, 7) is 0.779. The monoisotopic (exact) mass is 412 g/mol. The highest BCUT2D eigenvalue weighted by Gasteiger charge is 2.31. The van der Waals surface area contributed by atoms with Crippen molar-refractivity contribution in [3.8, 4) is 5.75 Å². The standard InChI is InChI=1S/C19H16N4O5S/c24-18-17(29-19(25)21-18)10-12-4-6-13(7-5-12)28-9-8-22-15-2-1-3-16(23(26)27)14(15)11-20-22/h1-7,11,17H,8-10H2,(H,21,24,25). The molecule has 0 saturated carbocycles. The number of imide groups is 1. The van der Waals surface area contributed by atoms with Gasteiger partial charge in [-0.3, -0.25) is 29.7 Å². The van der Waals surface area contributed by atoms with Gasteiger partial charge in [0.15, 0.2) is 0 Å². The molecule has 1 saturated heterocycles. The van der Waals surface area contributed by atoms with Gasteiger partial charge in [0.05, 0.1) is 33.8 Å². The van der Waals surface area contributed by atoms with Crippen molar-refractivity contribution in [1.82, 2.24) is 15.1 Å². The van der Waals surface area contributed by atoms with Crippen molar-refractivity contribution in [3.05, 3.63) is 64.3 Å². The lowest BCUT2D eigenvalue weighted by molar-refractivity contribution is -0.383. The maximum atomic E-state index is 11.6. The number of non-ortho nitro benzene ring substituents is 1. The first-order valence-electron chi connectivity index (χ1n) is 8.83. The first-order chi connectivity index (χ1) is 14.0. The topological polar surface area (TPSA) is 116 Å². The van der Waals surface area contributed by atoms with E-state index >= 15 is 0 Å². The second kappa shape index (κ2) is 7.92. The van der Waals surface area contributed by atoms with Crippen LogP contribution >= 0.6 is 11.8 Å². The van der Waals surface area contributed by atoms with Crippen LogP contribution in [0.25, 0.3) is 10.9 Å². The average Bonchev–Trinajstić information content (AvgIpc) is 3.25. The predicted octanol–water partition coefficient (Wildman–Crippen LogP) is 2.92. The highest BCUT2D eigenvalue weighted by Crippen LogP contribution is 2.25. The molecule has 0 aliphatic carbocycles. The Kier molecular flexibility index (Phi) is 5.17. The van der Waals surface area contributed by atoms with E-state index in [1.807, 2.05) is 12.1 Å². The van der Waals surface area contributed by atoms with Gasteiger partial charge in [-0.25, -0.2) is 0 Å². The molecule has 1 aliphatic heterocycles. The van der Waals surface area contributed by atoms with Crippen LogP contribution in [0.5, 0.6) is 5.75 Å². The van der Waals surface area contributed by atoms with Gasteiger partial charge in [0.2, 0.25) is 5.91 Å². The van der Waals surface area contributed by atoms with Crippen LogP contribution in [0.15, 0.2) is 48.7 Å². The average molecular weight is 412 g/mol. The van der Waals surface area contributed by atoms with E-state index in [0.717, 1.165) is 17.3 Å². The molecule has 9 nitrogen and oxygen atoms in total. The number of carbonyl (C=O) groups is 2. The molecule has 1 N–H and O–H groups in total. The fourth-order valence-corrected chi connectivity index (χ4v) is 4.00. The Bertz CT molecular complexity index is 1100. The molecule has 3 aromatic rings. The van der Waals surface area contributed by atoms with Crippen molar-refractivity contribution >= 4 is 39.5 Å². The number of carbonyl (C=O) groups excluding carboxylic acids is 2. The van der Waals surface area contributed by atoms with E-state index < -0.39 is 10.2 Å². The third kappa shape index (κ3) is 4.06. The molecular formula is C19H16N4O5S. The number of benzene rings is 2. The number of aromatic nitrogens is 2. The zero-order chi connectivity index (χ0) is 20.4. The minimum absolute atomic E-state index is 0.0288. The van der Waals surface area contributed by atoms with Crippen LogP contribution in [0.3, 0.4) is 0 Å². The summed E-state index contributed by atoms with van der Waals surface area (Å²) in [7, 11) is 0. The number of fused-ring (bicyclic) bond motifs is 1. The van der Waals surface area contributed by atoms with Crippen molar-refractivity contribution < 1.29 is 19.2 Å². The lowest BCUT2D eigenvalue weighted by Crippen LogP contribution is -2.25. The number of thioether (sulfide) groups is 1. The molecule has 29 heavy (non-hydrogen) atoms. The van der Waals surface area contributed by atoms with Crippen molar-refractivity contribution in [3.63, 3.8) is 0 Å². The normalized spacial score (nSPS) is 16.2. The van der Waals surface area contributed by atoms with E-state index in [0.29, 0.717) is 36.2 Å². The molecule has 1 unspecified atom stereocenters.